The van der Waals surface area contributed by atoms with E-state index >= 15 is 0 Å². The number of nitrogens with zero attached hydrogens (tertiary/aromatic N) is 1. The summed E-state index contributed by atoms with van der Waals surface area (Å²) < 4.78 is 5.68. The van der Waals surface area contributed by atoms with Gasteiger partial charge in [0, 0.05) is 5.92 Å². The van der Waals surface area contributed by atoms with Crippen LogP contribution in [0.25, 0.3) is 0 Å². The summed E-state index contributed by atoms with van der Waals surface area (Å²) in [6.45, 7) is 9.66. The Morgan fingerprint density at radius 2 is 2.00 bits per heavy atom. The Morgan fingerprint density at radius 1 is 1.28 bits per heavy atom. The molecule has 1 aromatic carbocycles. The van der Waals surface area contributed by atoms with E-state index in [1.54, 1.807) is 6.92 Å². The van der Waals surface area contributed by atoms with E-state index < -0.39 is 11.5 Å². The van der Waals surface area contributed by atoms with Gasteiger partial charge in [0.05, 0.1) is 11.7 Å². The largest absolute Gasteiger partial charge is 0.491 e. The number of H-pyrrole nitrogens is 1. The minimum Gasteiger partial charge on any atom is -0.491 e. The molecule has 0 spiro atoms. The zero-order valence-corrected chi connectivity index (χ0v) is 15.3. The van der Waals surface area contributed by atoms with Crippen molar-refractivity contribution < 1.29 is 9.53 Å². The minimum atomic E-state index is -0.443. The molecule has 1 unspecified atom stereocenters. The molecule has 2 aromatic rings. The summed E-state index contributed by atoms with van der Waals surface area (Å²) in [4.78, 5) is 31.6. The van der Waals surface area contributed by atoms with Crippen molar-refractivity contribution in [2.45, 2.75) is 46.6 Å². The van der Waals surface area contributed by atoms with Crippen molar-refractivity contribution in [1.82, 2.24) is 15.3 Å². The standard InChI is InChI=1S/C19H25N3O3/c1-11(2)17-21-14(5)16(19(24)22-17)18(23)20-13(4)10-25-15-8-6-7-12(3)9-15/h6-9,11,13H,10H2,1-5H3,(H,20,23)(H,21,22,24). The molecule has 0 aliphatic heterocycles. The Kier molecular flexibility index (Phi) is 5.96. The van der Waals surface area contributed by atoms with Crippen LogP contribution >= 0.6 is 0 Å². The lowest BCUT2D eigenvalue weighted by Crippen LogP contribution is -2.40. The van der Waals surface area contributed by atoms with Crippen molar-refractivity contribution in [3.63, 3.8) is 0 Å². The average molecular weight is 343 g/mol. The van der Waals surface area contributed by atoms with Gasteiger partial charge in [0.1, 0.15) is 23.7 Å². The van der Waals surface area contributed by atoms with Crippen LogP contribution in [0.15, 0.2) is 29.1 Å². The van der Waals surface area contributed by atoms with Gasteiger partial charge in [0.25, 0.3) is 11.5 Å². The molecule has 1 amide bonds. The molecule has 1 heterocycles. The summed E-state index contributed by atoms with van der Waals surface area (Å²) in [7, 11) is 0. The number of rotatable bonds is 6. The lowest BCUT2D eigenvalue weighted by molar-refractivity contribution is 0.0924. The lowest BCUT2D eigenvalue weighted by Gasteiger charge is -2.16. The minimum absolute atomic E-state index is 0.0480. The third kappa shape index (κ3) is 4.92. The van der Waals surface area contributed by atoms with E-state index in [1.807, 2.05) is 52.0 Å². The van der Waals surface area contributed by atoms with Crippen LogP contribution in [0, 0.1) is 13.8 Å². The van der Waals surface area contributed by atoms with Gasteiger partial charge in [-0.25, -0.2) is 4.98 Å². The zero-order chi connectivity index (χ0) is 18.6. The molecule has 134 valence electrons. The smallest absolute Gasteiger partial charge is 0.264 e. The monoisotopic (exact) mass is 343 g/mol. The maximum absolute atomic E-state index is 12.4. The second-order valence-corrected chi connectivity index (χ2v) is 6.57. The fourth-order valence-corrected chi connectivity index (χ4v) is 2.41. The molecule has 25 heavy (non-hydrogen) atoms. The van der Waals surface area contributed by atoms with E-state index in [0.29, 0.717) is 18.1 Å². The van der Waals surface area contributed by atoms with E-state index in [-0.39, 0.29) is 17.5 Å². The summed E-state index contributed by atoms with van der Waals surface area (Å²) in [6, 6.07) is 7.44. The molecule has 1 atom stereocenters. The normalized spacial score (nSPS) is 12.1. The maximum Gasteiger partial charge on any atom is 0.264 e. The Labute approximate surface area is 147 Å². The number of benzene rings is 1. The molecule has 0 saturated carbocycles. The topological polar surface area (TPSA) is 84.1 Å². The first-order valence-corrected chi connectivity index (χ1v) is 8.39. The van der Waals surface area contributed by atoms with Gasteiger partial charge in [-0.3, -0.25) is 9.59 Å². The number of aromatic nitrogens is 2. The van der Waals surface area contributed by atoms with Crippen molar-refractivity contribution in [1.29, 1.82) is 0 Å². The van der Waals surface area contributed by atoms with Crippen molar-refractivity contribution in [2.24, 2.45) is 0 Å². The van der Waals surface area contributed by atoms with E-state index in [9.17, 15) is 9.59 Å². The summed E-state index contributed by atoms with van der Waals surface area (Å²) in [6.07, 6.45) is 0. The van der Waals surface area contributed by atoms with Crippen LogP contribution in [0.3, 0.4) is 0 Å². The maximum atomic E-state index is 12.4. The molecule has 0 radical (unpaired) electrons. The third-order valence-corrected chi connectivity index (χ3v) is 3.76. The molecule has 0 bridgehead atoms. The van der Waals surface area contributed by atoms with Gasteiger partial charge in [-0.15, -0.1) is 0 Å². The Hall–Kier alpha value is -2.63. The molecule has 0 aliphatic carbocycles. The van der Waals surface area contributed by atoms with Gasteiger partial charge in [0.2, 0.25) is 0 Å². The molecular weight excluding hydrogens is 318 g/mol. The van der Waals surface area contributed by atoms with E-state index in [1.165, 1.54) is 0 Å². The molecular formula is C19H25N3O3. The number of hydrogen-bond donors (Lipinski definition) is 2. The van der Waals surface area contributed by atoms with Crippen LogP contribution in [0.5, 0.6) is 5.75 Å². The summed E-state index contributed by atoms with van der Waals surface area (Å²) in [5, 5.41) is 2.79. The number of aryl methyl sites for hydroxylation is 2. The average Bonchev–Trinajstić information content (AvgIpc) is 2.52. The van der Waals surface area contributed by atoms with Crippen LogP contribution < -0.4 is 15.6 Å². The van der Waals surface area contributed by atoms with E-state index in [0.717, 1.165) is 11.3 Å². The van der Waals surface area contributed by atoms with Crippen LogP contribution in [-0.4, -0.2) is 28.5 Å². The van der Waals surface area contributed by atoms with Crippen LogP contribution in [0.4, 0.5) is 0 Å². The molecule has 0 fully saturated rings. The Balaban J connectivity index is 2.03. The first-order chi connectivity index (χ1) is 11.8. The molecule has 6 nitrogen and oxygen atoms in total. The zero-order valence-electron chi connectivity index (χ0n) is 15.3. The van der Waals surface area contributed by atoms with Crippen molar-refractivity contribution in [3.05, 3.63) is 57.3 Å². The molecule has 0 saturated heterocycles. The predicted molar refractivity (Wildman–Crippen MR) is 97.3 cm³/mol. The van der Waals surface area contributed by atoms with Gasteiger partial charge >= 0.3 is 0 Å². The van der Waals surface area contributed by atoms with Gasteiger partial charge in [0.15, 0.2) is 0 Å². The fourth-order valence-electron chi connectivity index (χ4n) is 2.41. The predicted octanol–water partition coefficient (Wildman–Crippen LogP) is 2.71. The number of aromatic amines is 1. The molecule has 2 N–H and O–H groups in total. The SMILES string of the molecule is Cc1cccc(OCC(C)NC(=O)c2c(C)nc(C(C)C)[nH]c2=O)c1. The fraction of sp³-hybridized carbons (Fsp3) is 0.421. The van der Waals surface area contributed by atoms with E-state index in [2.05, 4.69) is 15.3 Å². The molecule has 0 aliphatic rings. The number of nitrogens with one attached hydrogen (secondary N) is 2. The van der Waals surface area contributed by atoms with Gasteiger partial charge in [-0.05, 0) is 38.5 Å². The number of hydrogen-bond acceptors (Lipinski definition) is 4. The van der Waals surface area contributed by atoms with Crippen LogP contribution in [0.1, 0.15) is 54.1 Å². The molecule has 6 heteroatoms. The molecule has 2 rings (SSSR count). The number of carbonyl (C=O) groups excluding carboxylic acids is 1. The van der Waals surface area contributed by atoms with Crippen molar-refractivity contribution >= 4 is 5.91 Å². The van der Waals surface area contributed by atoms with Gasteiger partial charge in [-0.1, -0.05) is 26.0 Å². The van der Waals surface area contributed by atoms with Crippen molar-refractivity contribution in [2.75, 3.05) is 6.61 Å². The lowest BCUT2D eigenvalue weighted by atomic mass is 10.1. The first-order valence-electron chi connectivity index (χ1n) is 8.39. The summed E-state index contributed by atoms with van der Waals surface area (Å²) in [5.41, 5.74) is 1.16. The van der Waals surface area contributed by atoms with Crippen LogP contribution in [-0.2, 0) is 0 Å². The molecule has 1 aromatic heterocycles. The highest BCUT2D eigenvalue weighted by molar-refractivity contribution is 5.94. The quantitative estimate of drug-likeness (QED) is 0.845. The highest BCUT2D eigenvalue weighted by atomic mass is 16.5. The first kappa shape index (κ1) is 18.7. The highest BCUT2D eigenvalue weighted by Gasteiger charge is 2.19. The Bertz CT molecular complexity index is 812. The summed E-state index contributed by atoms with van der Waals surface area (Å²) >= 11 is 0. The second kappa shape index (κ2) is 7.96. The van der Waals surface area contributed by atoms with Gasteiger partial charge < -0.3 is 15.0 Å². The Morgan fingerprint density at radius 3 is 2.60 bits per heavy atom. The number of carbonyl (C=O) groups is 1. The van der Waals surface area contributed by atoms with Crippen LogP contribution in [0.2, 0.25) is 0 Å². The van der Waals surface area contributed by atoms with E-state index in [4.69, 9.17) is 4.74 Å². The second-order valence-electron chi connectivity index (χ2n) is 6.57. The highest BCUT2D eigenvalue weighted by Crippen LogP contribution is 2.13. The third-order valence-electron chi connectivity index (χ3n) is 3.76. The summed E-state index contributed by atoms with van der Waals surface area (Å²) in [5.74, 6) is 0.972. The van der Waals surface area contributed by atoms with Crippen molar-refractivity contribution in [3.8, 4) is 5.75 Å². The number of ether oxygens (including phenoxy) is 1. The van der Waals surface area contributed by atoms with Gasteiger partial charge in [-0.2, -0.15) is 0 Å². The number of amides is 1.